The van der Waals surface area contributed by atoms with Crippen LogP contribution in [0.2, 0.25) is 0 Å². The Kier molecular flexibility index (Phi) is 4.90. The number of hydrogen-bond acceptors (Lipinski definition) is 4. The third-order valence-corrected chi connectivity index (χ3v) is 4.81. The van der Waals surface area contributed by atoms with E-state index in [1.165, 1.54) is 18.2 Å². The maximum atomic E-state index is 13.1. The molecule has 0 bridgehead atoms. The second-order valence-corrected chi connectivity index (χ2v) is 6.42. The maximum absolute atomic E-state index is 13.1. The molecule has 4 nitrogen and oxygen atoms in total. The van der Waals surface area contributed by atoms with E-state index in [0.29, 0.717) is 16.3 Å². The number of likely N-dealkylation sites (N-methyl/N-ethyl adjacent to an activating group) is 1. The summed E-state index contributed by atoms with van der Waals surface area (Å²) in [5, 5.41) is 0. The van der Waals surface area contributed by atoms with Crippen molar-refractivity contribution in [1.29, 1.82) is 0 Å². The first-order chi connectivity index (χ1) is 9.06. The van der Waals surface area contributed by atoms with Gasteiger partial charge in [-0.3, -0.25) is 9.11 Å². The number of nitrogens with zero attached hydrogens (tertiary/aromatic N) is 2. The average Bonchev–Trinajstić information content (AvgIpc) is 2.40. The van der Waals surface area contributed by atoms with Gasteiger partial charge in [0.25, 0.3) is 0 Å². The molecule has 1 heterocycles. The minimum Gasteiger partial charge on any atom is -0.398 e. The van der Waals surface area contributed by atoms with Crippen molar-refractivity contribution < 1.29 is 8.60 Å². The highest BCUT2D eigenvalue weighted by Gasteiger charge is 2.16. The van der Waals surface area contributed by atoms with Crippen molar-refractivity contribution in [1.82, 2.24) is 9.80 Å². The molecule has 0 spiro atoms. The van der Waals surface area contributed by atoms with Gasteiger partial charge in [-0.1, -0.05) is 0 Å². The van der Waals surface area contributed by atoms with E-state index in [2.05, 4.69) is 16.8 Å². The van der Waals surface area contributed by atoms with Crippen molar-refractivity contribution in [2.24, 2.45) is 0 Å². The topological polar surface area (TPSA) is 49.6 Å². The third-order valence-electron chi connectivity index (χ3n) is 3.41. The SMILES string of the molecule is CN1CCN(CCS(=O)c2cc(F)ccc2N)CC1. The summed E-state index contributed by atoms with van der Waals surface area (Å²) >= 11 is 0. The largest absolute Gasteiger partial charge is 0.398 e. The zero-order chi connectivity index (χ0) is 13.8. The van der Waals surface area contributed by atoms with Crippen molar-refractivity contribution in [2.45, 2.75) is 4.90 Å². The molecule has 0 aliphatic carbocycles. The molecule has 1 unspecified atom stereocenters. The first-order valence-corrected chi connectivity index (χ1v) is 7.72. The number of hydrogen-bond donors (Lipinski definition) is 1. The average molecular weight is 285 g/mol. The lowest BCUT2D eigenvalue weighted by Gasteiger charge is -2.32. The first-order valence-electron chi connectivity index (χ1n) is 6.40. The minimum atomic E-state index is -1.24. The van der Waals surface area contributed by atoms with Crippen molar-refractivity contribution >= 4 is 16.5 Å². The third kappa shape index (κ3) is 3.99. The van der Waals surface area contributed by atoms with Gasteiger partial charge >= 0.3 is 0 Å². The predicted octanol–water partition coefficient (Wildman–Crippen LogP) is 0.763. The zero-order valence-electron chi connectivity index (χ0n) is 11.1. The predicted molar refractivity (Wildman–Crippen MR) is 76.0 cm³/mol. The minimum absolute atomic E-state index is 0.392. The molecule has 0 saturated carbocycles. The fourth-order valence-electron chi connectivity index (χ4n) is 2.10. The molecule has 0 aromatic heterocycles. The smallest absolute Gasteiger partial charge is 0.124 e. The molecule has 0 radical (unpaired) electrons. The molecule has 6 heteroatoms. The normalized spacial score (nSPS) is 19.5. The van der Waals surface area contributed by atoms with Crippen LogP contribution in [0.5, 0.6) is 0 Å². The number of anilines is 1. The number of nitrogens with two attached hydrogens (primary N) is 1. The molecule has 0 amide bonds. The van der Waals surface area contributed by atoms with E-state index in [1.807, 2.05) is 0 Å². The van der Waals surface area contributed by atoms with E-state index in [-0.39, 0.29) is 0 Å². The lowest BCUT2D eigenvalue weighted by Crippen LogP contribution is -2.45. The molecule has 1 aliphatic rings. The summed E-state index contributed by atoms with van der Waals surface area (Å²) in [7, 11) is 0.864. The Labute approximate surface area is 115 Å². The summed E-state index contributed by atoms with van der Waals surface area (Å²) < 4.78 is 25.3. The van der Waals surface area contributed by atoms with E-state index in [4.69, 9.17) is 5.73 Å². The summed E-state index contributed by atoms with van der Waals surface area (Å²) in [6.45, 7) is 4.82. The Morgan fingerprint density at radius 3 is 2.68 bits per heavy atom. The summed E-state index contributed by atoms with van der Waals surface area (Å²) in [4.78, 5) is 4.97. The van der Waals surface area contributed by atoms with Crippen molar-refractivity contribution in [3.05, 3.63) is 24.0 Å². The summed E-state index contributed by atoms with van der Waals surface area (Å²) in [6, 6.07) is 4.03. The molecule has 1 aromatic rings. The Balaban J connectivity index is 1.89. The van der Waals surface area contributed by atoms with Crippen LogP contribution in [0.3, 0.4) is 0 Å². The van der Waals surface area contributed by atoms with Crippen LogP contribution in [0.15, 0.2) is 23.1 Å². The monoisotopic (exact) mass is 285 g/mol. The fraction of sp³-hybridized carbons (Fsp3) is 0.538. The molecule has 1 atom stereocenters. The molecule has 106 valence electrons. The van der Waals surface area contributed by atoms with Gasteiger partial charge in [0.15, 0.2) is 0 Å². The second kappa shape index (κ2) is 6.45. The standard InChI is InChI=1S/C13H20FN3OS/c1-16-4-6-17(7-5-16)8-9-19(18)13-10-11(14)2-3-12(13)15/h2-3,10H,4-9,15H2,1H3. The highest BCUT2D eigenvalue weighted by molar-refractivity contribution is 7.85. The Hall–Kier alpha value is -0.980. The van der Waals surface area contributed by atoms with E-state index in [0.717, 1.165) is 32.7 Å². The highest BCUT2D eigenvalue weighted by atomic mass is 32.2. The van der Waals surface area contributed by atoms with Gasteiger partial charge in [-0.15, -0.1) is 0 Å². The number of nitrogen functional groups attached to an aromatic ring is 1. The van der Waals surface area contributed by atoms with Crippen molar-refractivity contribution in [3.8, 4) is 0 Å². The number of halogens is 1. The Morgan fingerprint density at radius 2 is 2.00 bits per heavy atom. The molecule has 2 rings (SSSR count). The molecule has 19 heavy (non-hydrogen) atoms. The van der Waals surface area contributed by atoms with Gasteiger partial charge in [-0.05, 0) is 25.2 Å². The summed E-state index contributed by atoms with van der Waals surface area (Å²) in [5.41, 5.74) is 6.14. The van der Waals surface area contributed by atoms with Crippen LogP contribution in [0.4, 0.5) is 10.1 Å². The van der Waals surface area contributed by atoms with E-state index >= 15 is 0 Å². The molecule has 1 saturated heterocycles. The number of rotatable bonds is 4. The lowest BCUT2D eigenvalue weighted by atomic mass is 10.3. The van der Waals surface area contributed by atoms with Gasteiger partial charge in [0, 0.05) is 44.2 Å². The van der Waals surface area contributed by atoms with Gasteiger partial charge in [0.05, 0.1) is 15.7 Å². The van der Waals surface area contributed by atoms with Gasteiger partial charge in [0.1, 0.15) is 5.82 Å². The van der Waals surface area contributed by atoms with Crippen molar-refractivity contribution in [2.75, 3.05) is 51.3 Å². The molecule has 2 N–H and O–H groups in total. The van der Waals surface area contributed by atoms with E-state index in [9.17, 15) is 8.60 Å². The Morgan fingerprint density at radius 1 is 1.32 bits per heavy atom. The molecule has 1 fully saturated rings. The molecular weight excluding hydrogens is 265 g/mol. The Bertz CT molecular complexity index is 461. The number of benzene rings is 1. The summed E-state index contributed by atoms with van der Waals surface area (Å²) in [6.07, 6.45) is 0. The molecule has 1 aliphatic heterocycles. The van der Waals surface area contributed by atoms with Crippen LogP contribution in [-0.4, -0.2) is 59.5 Å². The molecular formula is C13H20FN3OS. The first kappa shape index (κ1) is 14.4. The highest BCUT2D eigenvalue weighted by Crippen LogP contribution is 2.18. The lowest BCUT2D eigenvalue weighted by molar-refractivity contribution is 0.161. The zero-order valence-corrected chi connectivity index (χ0v) is 12.0. The maximum Gasteiger partial charge on any atom is 0.124 e. The van der Waals surface area contributed by atoms with Gasteiger partial charge in [-0.2, -0.15) is 0 Å². The van der Waals surface area contributed by atoms with Crippen LogP contribution in [0, 0.1) is 5.82 Å². The van der Waals surface area contributed by atoms with Gasteiger partial charge < -0.3 is 10.6 Å². The van der Waals surface area contributed by atoms with Crippen LogP contribution in [0.1, 0.15) is 0 Å². The van der Waals surface area contributed by atoms with Crippen LogP contribution < -0.4 is 5.73 Å². The molecule has 1 aromatic carbocycles. The number of piperazine rings is 1. The van der Waals surface area contributed by atoms with E-state index in [1.54, 1.807) is 0 Å². The quantitative estimate of drug-likeness (QED) is 0.830. The second-order valence-electron chi connectivity index (χ2n) is 4.88. The summed E-state index contributed by atoms with van der Waals surface area (Å²) in [5.74, 6) is 0.106. The van der Waals surface area contributed by atoms with E-state index < -0.39 is 16.6 Å². The van der Waals surface area contributed by atoms with Gasteiger partial charge in [-0.25, -0.2) is 4.39 Å². The van der Waals surface area contributed by atoms with Gasteiger partial charge in [0.2, 0.25) is 0 Å². The van der Waals surface area contributed by atoms with Crippen LogP contribution in [-0.2, 0) is 10.8 Å². The van der Waals surface area contributed by atoms with Crippen LogP contribution >= 0.6 is 0 Å². The van der Waals surface area contributed by atoms with Crippen LogP contribution in [0.25, 0.3) is 0 Å². The van der Waals surface area contributed by atoms with Crippen molar-refractivity contribution in [3.63, 3.8) is 0 Å². The fourth-order valence-corrected chi connectivity index (χ4v) is 3.32.